The summed E-state index contributed by atoms with van der Waals surface area (Å²) in [4.78, 5) is 26.5. The van der Waals surface area contributed by atoms with E-state index in [1.54, 1.807) is 20.3 Å². The molecule has 6 nitrogen and oxygen atoms in total. The quantitative estimate of drug-likeness (QED) is 0.674. The van der Waals surface area contributed by atoms with Crippen molar-refractivity contribution in [2.75, 3.05) is 20.8 Å². The van der Waals surface area contributed by atoms with Gasteiger partial charge in [0.25, 0.3) is 0 Å². The Bertz CT molecular complexity index is 955. The lowest BCUT2D eigenvalue weighted by Gasteiger charge is -2.39. The average molecular weight is 428 g/mol. The number of dihydropyridines is 1. The number of rotatable bonds is 6. The Morgan fingerprint density at radius 2 is 1.84 bits per heavy atom. The van der Waals surface area contributed by atoms with E-state index in [9.17, 15) is 9.59 Å². The molecular weight excluding hydrogens is 394 g/mol. The summed E-state index contributed by atoms with van der Waals surface area (Å²) >= 11 is 0. The van der Waals surface area contributed by atoms with Gasteiger partial charge in [-0.2, -0.15) is 0 Å². The van der Waals surface area contributed by atoms with Crippen LogP contribution in [0.2, 0.25) is 0 Å². The number of hydrogen-bond donors (Lipinski definition) is 1. The smallest absolute Gasteiger partial charge is 0.336 e. The third kappa shape index (κ3) is 4.63. The maximum atomic E-state index is 13.3. The number of nitrogens with one attached hydrogen (secondary N) is 1. The highest BCUT2D eigenvalue weighted by atomic mass is 16.5. The van der Waals surface area contributed by atoms with Crippen molar-refractivity contribution in [2.24, 2.45) is 11.3 Å². The predicted molar refractivity (Wildman–Crippen MR) is 119 cm³/mol. The van der Waals surface area contributed by atoms with Crippen LogP contribution in [0, 0.1) is 11.3 Å². The van der Waals surface area contributed by atoms with Gasteiger partial charge in [0, 0.05) is 29.3 Å². The Labute approximate surface area is 184 Å². The summed E-state index contributed by atoms with van der Waals surface area (Å²) in [5, 5.41) is 3.36. The van der Waals surface area contributed by atoms with E-state index in [0.29, 0.717) is 35.7 Å². The Morgan fingerprint density at radius 3 is 2.45 bits per heavy atom. The fourth-order valence-corrected chi connectivity index (χ4v) is 4.39. The highest BCUT2D eigenvalue weighted by molar-refractivity contribution is 6.04. The topological polar surface area (TPSA) is 73.9 Å². The van der Waals surface area contributed by atoms with Gasteiger partial charge in [-0.25, -0.2) is 4.79 Å². The molecule has 1 atom stereocenters. The van der Waals surface area contributed by atoms with Crippen molar-refractivity contribution < 1.29 is 23.8 Å². The molecule has 0 fully saturated rings. The van der Waals surface area contributed by atoms with Gasteiger partial charge in [-0.15, -0.1) is 0 Å². The maximum absolute atomic E-state index is 13.3. The molecule has 1 aromatic rings. The van der Waals surface area contributed by atoms with E-state index in [-0.39, 0.29) is 17.1 Å². The van der Waals surface area contributed by atoms with E-state index in [2.05, 4.69) is 19.2 Å². The van der Waals surface area contributed by atoms with E-state index in [1.165, 1.54) is 0 Å². The third-order valence-electron chi connectivity index (χ3n) is 5.75. The molecule has 1 aromatic carbocycles. The Balaban J connectivity index is 2.15. The van der Waals surface area contributed by atoms with Gasteiger partial charge in [0.2, 0.25) is 0 Å². The minimum absolute atomic E-state index is 0.0557. The van der Waals surface area contributed by atoms with Crippen molar-refractivity contribution in [1.29, 1.82) is 0 Å². The van der Waals surface area contributed by atoms with Gasteiger partial charge in [0.15, 0.2) is 17.3 Å². The van der Waals surface area contributed by atoms with Crippen LogP contribution >= 0.6 is 0 Å². The molecule has 1 heterocycles. The fourth-order valence-electron chi connectivity index (χ4n) is 4.39. The molecule has 1 N–H and O–H groups in total. The summed E-state index contributed by atoms with van der Waals surface area (Å²) < 4.78 is 16.5. The number of ketones is 1. The molecule has 0 unspecified atom stereocenters. The first-order valence-corrected chi connectivity index (χ1v) is 10.7. The number of Topliss-reactive ketones (excluding diaryl/α,β-unsaturated/α-hetero) is 1. The van der Waals surface area contributed by atoms with Gasteiger partial charge in [-0.3, -0.25) is 4.79 Å². The lowest BCUT2D eigenvalue weighted by Crippen LogP contribution is -2.38. The first-order chi connectivity index (χ1) is 14.6. The van der Waals surface area contributed by atoms with Crippen molar-refractivity contribution >= 4 is 11.8 Å². The summed E-state index contributed by atoms with van der Waals surface area (Å²) in [5.41, 5.74) is 3.39. The van der Waals surface area contributed by atoms with E-state index in [0.717, 1.165) is 23.4 Å². The molecule has 0 saturated carbocycles. The summed E-state index contributed by atoms with van der Waals surface area (Å²) in [6.45, 7) is 10.4. The Morgan fingerprint density at radius 1 is 1.16 bits per heavy atom. The number of benzene rings is 1. The number of carbonyl (C=O) groups excluding carboxylic acids is 2. The fraction of sp³-hybridized carbons (Fsp3) is 0.520. The molecule has 31 heavy (non-hydrogen) atoms. The lowest BCUT2D eigenvalue weighted by molar-refractivity contribution is -0.140. The minimum atomic E-state index is -0.515. The van der Waals surface area contributed by atoms with Crippen LogP contribution in [0.4, 0.5) is 0 Å². The van der Waals surface area contributed by atoms with Gasteiger partial charge in [0.1, 0.15) is 0 Å². The molecule has 3 rings (SSSR count). The molecule has 0 radical (unpaired) electrons. The van der Waals surface area contributed by atoms with Crippen LogP contribution in [0.5, 0.6) is 11.5 Å². The van der Waals surface area contributed by atoms with Crippen molar-refractivity contribution in [1.82, 2.24) is 5.32 Å². The number of hydrogen-bond acceptors (Lipinski definition) is 6. The second-order valence-corrected chi connectivity index (χ2v) is 9.54. The zero-order valence-electron chi connectivity index (χ0n) is 19.5. The van der Waals surface area contributed by atoms with Crippen molar-refractivity contribution in [3.63, 3.8) is 0 Å². The predicted octanol–water partition coefficient (Wildman–Crippen LogP) is 4.51. The number of allylic oxidation sites excluding steroid dienone is 3. The van der Waals surface area contributed by atoms with Crippen molar-refractivity contribution in [2.45, 2.75) is 53.4 Å². The van der Waals surface area contributed by atoms with Crippen LogP contribution in [0.1, 0.15) is 58.9 Å². The molecule has 0 amide bonds. The molecular formula is C25H33NO5. The molecule has 0 spiro atoms. The van der Waals surface area contributed by atoms with Crippen LogP contribution in [0.15, 0.2) is 40.7 Å². The second-order valence-electron chi connectivity index (χ2n) is 9.54. The highest BCUT2D eigenvalue weighted by Gasteiger charge is 2.43. The van der Waals surface area contributed by atoms with Gasteiger partial charge in [-0.1, -0.05) is 33.8 Å². The normalized spacial score (nSPS) is 20.4. The molecule has 1 aliphatic carbocycles. The zero-order chi connectivity index (χ0) is 22.9. The van der Waals surface area contributed by atoms with Crippen molar-refractivity contribution in [3.05, 3.63) is 46.3 Å². The molecule has 1 aliphatic heterocycles. The maximum Gasteiger partial charge on any atom is 0.336 e. The van der Waals surface area contributed by atoms with Crippen LogP contribution in [-0.4, -0.2) is 32.6 Å². The minimum Gasteiger partial charge on any atom is -0.493 e. The van der Waals surface area contributed by atoms with Gasteiger partial charge in [-0.05, 0) is 42.4 Å². The van der Waals surface area contributed by atoms with Crippen LogP contribution in [-0.2, 0) is 14.3 Å². The first-order valence-electron chi connectivity index (χ1n) is 10.7. The molecule has 168 valence electrons. The molecule has 0 aromatic heterocycles. The van der Waals surface area contributed by atoms with Gasteiger partial charge < -0.3 is 19.5 Å². The molecule has 0 saturated heterocycles. The summed E-state index contributed by atoms with van der Waals surface area (Å²) in [7, 11) is 3.15. The molecule has 6 heteroatoms. The average Bonchev–Trinajstić information content (AvgIpc) is 2.69. The van der Waals surface area contributed by atoms with Gasteiger partial charge >= 0.3 is 5.97 Å². The van der Waals surface area contributed by atoms with Crippen molar-refractivity contribution in [3.8, 4) is 11.5 Å². The van der Waals surface area contributed by atoms with Gasteiger partial charge in [0.05, 0.1) is 26.4 Å². The van der Waals surface area contributed by atoms with Crippen LogP contribution in [0.3, 0.4) is 0 Å². The Kier molecular flexibility index (Phi) is 6.48. The zero-order valence-corrected chi connectivity index (χ0v) is 19.5. The summed E-state index contributed by atoms with van der Waals surface area (Å²) in [6, 6.07) is 5.54. The van der Waals surface area contributed by atoms with E-state index in [4.69, 9.17) is 14.2 Å². The SMILES string of the molecule is COc1ccc([C@@H]2C(C(=O)OCC(C)C)=C(C)NC3=C2C(=O)CC(C)(C)C3)cc1OC. The van der Waals surface area contributed by atoms with E-state index in [1.807, 2.05) is 32.9 Å². The van der Waals surface area contributed by atoms with E-state index >= 15 is 0 Å². The monoisotopic (exact) mass is 427 g/mol. The highest BCUT2D eigenvalue weighted by Crippen LogP contribution is 2.47. The molecule has 0 bridgehead atoms. The largest absolute Gasteiger partial charge is 0.493 e. The number of ether oxygens (including phenoxy) is 3. The number of carbonyl (C=O) groups is 2. The second kappa shape index (κ2) is 8.77. The molecule has 2 aliphatic rings. The van der Waals surface area contributed by atoms with E-state index < -0.39 is 11.9 Å². The Hall–Kier alpha value is -2.76. The van der Waals surface area contributed by atoms with Crippen LogP contribution in [0.25, 0.3) is 0 Å². The number of methoxy groups -OCH3 is 2. The standard InChI is InChI=1S/C25H33NO5/c1-14(2)13-31-24(28)21-15(3)26-17-11-25(4,5)12-18(27)23(17)22(21)16-8-9-19(29-6)20(10-16)30-7/h8-10,14,22,26H,11-13H2,1-7H3/t22-/m1/s1. The summed E-state index contributed by atoms with van der Waals surface area (Å²) in [6.07, 6.45) is 1.17. The lowest BCUT2D eigenvalue weighted by atomic mass is 9.68. The van der Waals surface area contributed by atoms with Crippen LogP contribution < -0.4 is 14.8 Å². The third-order valence-corrected chi connectivity index (χ3v) is 5.75. The first kappa shape index (κ1) is 22.9. The number of esters is 1. The summed E-state index contributed by atoms with van der Waals surface area (Å²) in [5.74, 6) is 0.502.